The van der Waals surface area contributed by atoms with E-state index in [2.05, 4.69) is 27.4 Å². The number of nitrogen functional groups attached to an aromatic ring is 1. The highest BCUT2D eigenvalue weighted by atomic mass is 35.5. The fourth-order valence-electron chi connectivity index (χ4n) is 4.18. The van der Waals surface area contributed by atoms with Gasteiger partial charge in [-0.25, -0.2) is 9.97 Å². The van der Waals surface area contributed by atoms with Gasteiger partial charge < -0.3 is 11.1 Å². The fraction of sp³-hybridized carbons (Fsp3) is 0.0588. The van der Waals surface area contributed by atoms with Gasteiger partial charge in [0.1, 0.15) is 23.1 Å². The Labute approximate surface area is 244 Å². The van der Waals surface area contributed by atoms with E-state index in [1.165, 1.54) is 0 Å². The summed E-state index contributed by atoms with van der Waals surface area (Å²) in [7, 11) is 0. The molecule has 0 fully saturated rings. The number of hydrogen-bond donors (Lipinski definition) is 2. The summed E-state index contributed by atoms with van der Waals surface area (Å²) in [4.78, 5) is 8.72. The molecule has 0 aliphatic rings. The van der Waals surface area contributed by atoms with Gasteiger partial charge >= 0.3 is 0 Å². The summed E-state index contributed by atoms with van der Waals surface area (Å²) < 4.78 is 0. The second kappa shape index (κ2) is 13.6. The van der Waals surface area contributed by atoms with Gasteiger partial charge in [0.2, 0.25) is 0 Å². The Bertz CT molecular complexity index is 1870. The standard InChI is InChI=1S/C17H13N3.C11H7ClN2.C6H7N/c1-12-14-9-5-6-10-16(14)20-17(15(12)11-18)19-13-7-3-2-4-8-13;1-7-8-4-2-3-5-10(8)14-11(12)9(7)6-13;7-6-4-2-1-3-5-6/h2-10H,1H3,(H,19,20);2-5H,1H3;1-5H,7H2. The minimum Gasteiger partial charge on any atom is -0.399 e. The Morgan fingerprint density at radius 2 is 1.10 bits per heavy atom. The van der Waals surface area contributed by atoms with Gasteiger partial charge in [0.05, 0.1) is 22.2 Å². The zero-order valence-corrected chi connectivity index (χ0v) is 23.4. The number of halogens is 1. The number of rotatable bonds is 2. The lowest BCUT2D eigenvalue weighted by Crippen LogP contribution is -2.00. The average Bonchev–Trinajstić information content (AvgIpc) is 2.99. The van der Waals surface area contributed by atoms with Crippen molar-refractivity contribution in [2.45, 2.75) is 13.8 Å². The van der Waals surface area contributed by atoms with Crippen molar-refractivity contribution >= 4 is 50.6 Å². The van der Waals surface area contributed by atoms with Gasteiger partial charge in [0.25, 0.3) is 0 Å². The Kier molecular flexibility index (Phi) is 9.46. The highest BCUT2D eigenvalue weighted by molar-refractivity contribution is 6.31. The second-order valence-corrected chi connectivity index (χ2v) is 9.38. The third-order valence-electron chi connectivity index (χ3n) is 6.32. The molecule has 3 N–H and O–H groups in total. The SMILES string of the molecule is Cc1c(C#N)c(Cl)nc2ccccc12.Cc1c(C#N)c(Nc2ccccc2)nc2ccccc12.Nc1ccccc1. The Morgan fingerprint density at radius 3 is 1.61 bits per heavy atom. The Morgan fingerprint density at radius 1 is 0.634 bits per heavy atom. The first-order valence-electron chi connectivity index (χ1n) is 12.8. The summed E-state index contributed by atoms with van der Waals surface area (Å²) >= 11 is 5.88. The number of fused-ring (bicyclic) bond motifs is 2. The van der Waals surface area contributed by atoms with Gasteiger partial charge in [-0.1, -0.05) is 84.4 Å². The number of aromatic nitrogens is 2. The van der Waals surface area contributed by atoms with Crippen molar-refractivity contribution in [2.75, 3.05) is 11.1 Å². The molecule has 41 heavy (non-hydrogen) atoms. The van der Waals surface area contributed by atoms with E-state index in [9.17, 15) is 5.26 Å². The number of aryl methyl sites for hydroxylation is 2. The van der Waals surface area contributed by atoms with Crippen molar-refractivity contribution in [2.24, 2.45) is 0 Å². The molecule has 0 spiro atoms. The molecule has 2 heterocycles. The minimum atomic E-state index is 0.281. The Balaban J connectivity index is 0.000000159. The highest BCUT2D eigenvalue weighted by Gasteiger charge is 2.12. The predicted molar refractivity (Wildman–Crippen MR) is 168 cm³/mol. The molecule has 4 aromatic carbocycles. The van der Waals surface area contributed by atoms with E-state index in [1.807, 2.05) is 123 Å². The van der Waals surface area contributed by atoms with Crippen LogP contribution in [-0.2, 0) is 0 Å². The monoisotopic (exact) mass is 554 g/mol. The van der Waals surface area contributed by atoms with Gasteiger partial charge in [0.15, 0.2) is 0 Å². The molecule has 6 aromatic rings. The summed E-state index contributed by atoms with van der Waals surface area (Å²) in [6.07, 6.45) is 0. The lowest BCUT2D eigenvalue weighted by Gasteiger charge is -2.11. The number of nitrogens with one attached hydrogen (secondary N) is 1. The third kappa shape index (κ3) is 6.96. The summed E-state index contributed by atoms with van der Waals surface area (Å²) in [5.41, 5.74) is 11.7. The van der Waals surface area contributed by atoms with Crippen molar-refractivity contribution in [1.29, 1.82) is 10.5 Å². The van der Waals surface area contributed by atoms with E-state index >= 15 is 0 Å². The maximum Gasteiger partial charge on any atom is 0.149 e. The quantitative estimate of drug-likeness (QED) is 0.164. The van der Waals surface area contributed by atoms with Crippen LogP contribution in [0.4, 0.5) is 17.2 Å². The smallest absolute Gasteiger partial charge is 0.149 e. The first kappa shape index (κ1) is 28.6. The van der Waals surface area contributed by atoms with Crippen LogP contribution in [-0.4, -0.2) is 9.97 Å². The summed E-state index contributed by atoms with van der Waals surface area (Å²) in [6, 6.07) is 39.1. The van der Waals surface area contributed by atoms with Crippen LogP contribution in [0.3, 0.4) is 0 Å². The van der Waals surface area contributed by atoms with Crippen molar-refractivity contribution in [3.63, 3.8) is 0 Å². The molecule has 0 aliphatic heterocycles. The lowest BCUT2D eigenvalue weighted by atomic mass is 10.0. The molecular weight excluding hydrogens is 528 g/mol. The first-order chi connectivity index (χ1) is 19.9. The van der Waals surface area contributed by atoms with E-state index in [-0.39, 0.29) is 5.15 Å². The number of nitrogens with zero attached hydrogens (tertiary/aromatic N) is 4. The van der Waals surface area contributed by atoms with Crippen LogP contribution in [0.2, 0.25) is 5.15 Å². The van der Waals surface area contributed by atoms with Crippen LogP contribution in [0.15, 0.2) is 109 Å². The van der Waals surface area contributed by atoms with Gasteiger partial charge in [-0.15, -0.1) is 0 Å². The number of para-hydroxylation sites is 4. The molecular formula is C34H27ClN6. The van der Waals surface area contributed by atoms with Gasteiger partial charge in [-0.2, -0.15) is 10.5 Å². The summed E-state index contributed by atoms with van der Waals surface area (Å²) in [5, 5.41) is 23.8. The number of nitriles is 2. The fourth-order valence-corrected chi connectivity index (χ4v) is 4.46. The molecule has 6 nitrogen and oxygen atoms in total. The normalized spacial score (nSPS) is 9.88. The Hall–Kier alpha value is -5.43. The lowest BCUT2D eigenvalue weighted by molar-refractivity contribution is 1.30. The van der Waals surface area contributed by atoms with Crippen LogP contribution < -0.4 is 11.1 Å². The van der Waals surface area contributed by atoms with E-state index in [1.54, 1.807) is 0 Å². The number of benzene rings is 4. The second-order valence-electron chi connectivity index (χ2n) is 9.02. The van der Waals surface area contributed by atoms with Crippen LogP contribution in [0.1, 0.15) is 22.3 Å². The van der Waals surface area contributed by atoms with Crippen LogP contribution in [0.25, 0.3) is 21.8 Å². The molecule has 0 radical (unpaired) electrons. The summed E-state index contributed by atoms with van der Waals surface area (Å²) in [5.74, 6) is 0.606. The van der Waals surface area contributed by atoms with E-state index in [0.29, 0.717) is 16.9 Å². The van der Waals surface area contributed by atoms with E-state index < -0.39 is 0 Å². The van der Waals surface area contributed by atoms with Gasteiger partial charge in [0, 0.05) is 22.1 Å². The number of nitrogens with two attached hydrogens (primary N) is 1. The zero-order chi connectivity index (χ0) is 29.2. The van der Waals surface area contributed by atoms with Gasteiger partial charge in [-0.05, 0) is 61.4 Å². The molecule has 0 saturated carbocycles. The highest BCUT2D eigenvalue weighted by Crippen LogP contribution is 2.27. The number of anilines is 3. The molecule has 0 aliphatic carbocycles. The van der Waals surface area contributed by atoms with Crippen molar-refractivity contribution in [3.8, 4) is 12.1 Å². The molecule has 0 unspecified atom stereocenters. The van der Waals surface area contributed by atoms with E-state index in [0.717, 1.165) is 44.3 Å². The number of hydrogen-bond acceptors (Lipinski definition) is 6. The average molecular weight is 555 g/mol. The third-order valence-corrected chi connectivity index (χ3v) is 6.59. The van der Waals surface area contributed by atoms with Crippen molar-refractivity contribution in [1.82, 2.24) is 9.97 Å². The molecule has 200 valence electrons. The number of pyridine rings is 2. The predicted octanol–water partition coefficient (Wildman–Crippen LogP) is 8.50. The molecule has 7 heteroatoms. The largest absolute Gasteiger partial charge is 0.399 e. The molecule has 0 amide bonds. The maximum absolute atomic E-state index is 9.41. The topological polar surface area (TPSA) is 111 Å². The zero-order valence-electron chi connectivity index (χ0n) is 22.6. The first-order valence-corrected chi connectivity index (χ1v) is 13.2. The molecule has 0 saturated heterocycles. The van der Waals surface area contributed by atoms with Crippen LogP contribution >= 0.6 is 11.6 Å². The van der Waals surface area contributed by atoms with Crippen LogP contribution in [0, 0.1) is 36.5 Å². The minimum absolute atomic E-state index is 0.281. The van der Waals surface area contributed by atoms with Crippen molar-refractivity contribution in [3.05, 3.63) is 137 Å². The molecule has 6 rings (SSSR count). The van der Waals surface area contributed by atoms with Gasteiger partial charge in [-0.3, -0.25) is 0 Å². The molecule has 0 atom stereocenters. The maximum atomic E-state index is 9.41. The summed E-state index contributed by atoms with van der Waals surface area (Å²) in [6.45, 7) is 3.84. The van der Waals surface area contributed by atoms with Crippen LogP contribution in [0.5, 0.6) is 0 Å². The molecule has 2 aromatic heterocycles. The van der Waals surface area contributed by atoms with Crippen molar-refractivity contribution < 1.29 is 0 Å². The molecule has 0 bridgehead atoms. The van der Waals surface area contributed by atoms with E-state index in [4.69, 9.17) is 22.6 Å².